The summed E-state index contributed by atoms with van der Waals surface area (Å²) in [7, 11) is 0. The lowest BCUT2D eigenvalue weighted by Crippen LogP contribution is -2.16. The maximum atomic E-state index is 6.68. The molecular weight excluding hydrogens is 550 g/mol. The van der Waals surface area contributed by atoms with E-state index in [-0.39, 0.29) is 0 Å². The molecule has 45 heavy (non-hydrogen) atoms. The van der Waals surface area contributed by atoms with Crippen LogP contribution >= 0.6 is 0 Å². The second-order valence-electron chi connectivity index (χ2n) is 11.2. The Morgan fingerprint density at radius 1 is 0.533 bits per heavy atom. The first-order valence-electron chi connectivity index (χ1n) is 15.1. The van der Waals surface area contributed by atoms with Crippen LogP contribution in [0, 0.1) is 0 Å². The third-order valence-electron chi connectivity index (χ3n) is 8.37. The molecule has 214 valence electrons. The molecule has 0 radical (unpaired) electrons. The highest BCUT2D eigenvalue weighted by atomic mass is 16.3. The lowest BCUT2D eigenvalue weighted by atomic mass is 10.0. The van der Waals surface area contributed by atoms with Crippen LogP contribution in [0.3, 0.4) is 0 Å². The molecule has 1 aromatic heterocycles. The molecule has 7 aromatic carbocycles. The summed E-state index contributed by atoms with van der Waals surface area (Å²) >= 11 is 0. The predicted octanol–water partition coefficient (Wildman–Crippen LogP) is 9.91. The Labute approximate surface area is 260 Å². The summed E-state index contributed by atoms with van der Waals surface area (Å²) in [6, 6.07) is 52.0. The van der Waals surface area contributed by atoms with Crippen molar-refractivity contribution in [1.29, 1.82) is 0 Å². The van der Waals surface area contributed by atoms with Gasteiger partial charge in [0.25, 0.3) is 0 Å². The first kappa shape index (κ1) is 26.6. The number of nitrogens with two attached hydrogens (primary N) is 1. The number of benzene rings is 7. The van der Waals surface area contributed by atoms with Crippen molar-refractivity contribution < 1.29 is 4.42 Å². The van der Waals surface area contributed by atoms with Crippen LogP contribution < -0.4 is 5.73 Å². The van der Waals surface area contributed by atoms with Gasteiger partial charge in [-0.05, 0) is 68.6 Å². The molecule has 4 nitrogen and oxygen atoms in total. The van der Waals surface area contributed by atoms with Crippen molar-refractivity contribution in [1.82, 2.24) is 0 Å². The summed E-state index contributed by atoms with van der Waals surface area (Å²) in [5.41, 5.74) is 13.5. The van der Waals surface area contributed by atoms with E-state index in [1.54, 1.807) is 0 Å². The molecule has 0 spiro atoms. The zero-order chi connectivity index (χ0) is 30.2. The third-order valence-corrected chi connectivity index (χ3v) is 8.37. The summed E-state index contributed by atoms with van der Waals surface area (Å²) in [4.78, 5) is 10.1. The van der Waals surface area contributed by atoms with Crippen LogP contribution in [0.2, 0.25) is 0 Å². The van der Waals surface area contributed by atoms with E-state index in [0.29, 0.717) is 18.2 Å². The number of hydrogen-bond acceptors (Lipinski definition) is 2. The number of rotatable bonds is 5. The topological polar surface area (TPSA) is 63.9 Å². The fourth-order valence-corrected chi connectivity index (χ4v) is 6.05. The number of hydrogen-bond donors (Lipinski definition) is 1. The lowest BCUT2D eigenvalue weighted by molar-refractivity contribution is 0.668. The molecule has 0 atom stereocenters. The van der Waals surface area contributed by atoms with Gasteiger partial charge in [-0.25, -0.2) is 4.99 Å². The Balaban J connectivity index is 1.25. The maximum Gasteiger partial charge on any atom is 0.157 e. The summed E-state index contributed by atoms with van der Waals surface area (Å²) in [5, 5.41) is 6.70. The minimum absolute atomic E-state index is 0.415. The van der Waals surface area contributed by atoms with Gasteiger partial charge in [-0.15, -0.1) is 0 Å². The van der Waals surface area contributed by atoms with Gasteiger partial charge in [-0.2, -0.15) is 0 Å². The highest BCUT2D eigenvalue weighted by Gasteiger charge is 2.14. The SMILES string of the molecule is N/C(=N\C(=N/Cc1cccc2oc3ccc(-c4ccccc4)cc3c12)c1ccc2ccccc2c1)c1ccc2ccccc2c1. The molecule has 8 aromatic rings. The molecule has 1 heterocycles. The second-order valence-corrected chi connectivity index (χ2v) is 11.2. The van der Waals surface area contributed by atoms with Crippen LogP contribution in [0.4, 0.5) is 0 Å². The van der Waals surface area contributed by atoms with E-state index in [1.807, 2.05) is 48.5 Å². The monoisotopic (exact) mass is 579 g/mol. The van der Waals surface area contributed by atoms with E-state index in [2.05, 4.69) is 103 Å². The van der Waals surface area contributed by atoms with Crippen LogP contribution in [0.25, 0.3) is 54.6 Å². The number of aliphatic imine (C=N–C) groups is 2. The van der Waals surface area contributed by atoms with Crippen molar-refractivity contribution in [2.45, 2.75) is 6.54 Å². The van der Waals surface area contributed by atoms with Gasteiger partial charge in [-0.3, -0.25) is 4.99 Å². The van der Waals surface area contributed by atoms with Gasteiger partial charge in [0.15, 0.2) is 5.84 Å². The van der Waals surface area contributed by atoms with Crippen LogP contribution in [0.5, 0.6) is 0 Å². The van der Waals surface area contributed by atoms with Crippen molar-refractivity contribution in [2.75, 3.05) is 0 Å². The average molecular weight is 580 g/mol. The Morgan fingerprint density at radius 3 is 1.96 bits per heavy atom. The Kier molecular flexibility index (Phi) is 6.65. The van der Waals surface area contributed by atoms with E-state index in [4.69, 9.17) is 20.1 Å². The van der Waals surface area contributed by atoms with Gasteiger partial charge in [0.05, 0.1) is 6.54 Å². The Morgan fingerprint density at radius 2 is 1.20 bits per heavy atom. The van der Waals surface area contributed by atoms with Gasteiger partial charge in [0, 0.05) is 21.9 Å². The van der Waals surface area contributed by atoms with Crippen molar-refractivity contribution >= 4 is 55.2 Å². The molecule has 0 fully saturated rings. The second kappa shape index (κ2) is 11.3. The summed E-state index contributed by atoms with van der Waals surface area (Å²) in [6.45, 7) is 0.415. The number of fused-ring (bicyclic) bond motifs is 5. The van der Waals surface area contributed by atoms with Crippen molar-refractivity contribution in [3.63, 3.8) is 0 Å². The molecular formula is C41H29N3O. The minimum Gasteiger partial charge on any atom is -0.456 e. The summed E-state index contributed by atoms with van der Waals surface area (Å²) < 4.78 is 6.29. The van der Waals surface area contributed by atoms with Crippen LogP contribution in [-0.2, 0) is 6.54 Å². The van der Waals surface area contributed by atoms with E-state index < -0.39 is 0 Å². The largest absolute Gasteiger partial charge is 0.456 e. The molecule has 0 saturated heterocycles. The average Bonchev–Trinajstić information content (AvgIpc) is 3.48. The molecule has 2 N–H and O–H groups in total. The van der Waals surface area contributed by atoms with E-state index in [1.165, 1.54) is 5.56 Å². The smallest absolute Gasteiger partial charge is 0.157 e. The highest BCUT2D eigenvalue weighted by Crippen LogP contribution is 2.35. The fraction of sp³-hybridized carbons (Fsp3) is 0.0244. The van der Waals surface area contributed by atoms with Crippen LogP contribution in [-0.4, -0.2) is 11.7 Å². The van der Waals surface area contributed by atoms with Crippen molar-refractivity contribution in [3.05, 3.63) is 168 Å². The molecule has 0 unspecified atom stereocenters. The summed E-state index contributed by atoms with van der Waals surface area (Å²) in [5.74, 6) is 1.01. The van der Waals surface area contributed by atoms with Crippen molar-refractivity contribution in [3.8, 4) is 11.1 Å². The number of nitrogens with zero attached hydrogens (tertiary/aromatic N) is 2. The first-order chi connectivity index (χ1) is 22.2. The summed E-state index contributed by atoms with van der Waals surface area (Å²) in [6.07, 6.45) is 0. The van der Waals surface area contributed by atoms with Crippen LogP contribution in [0.1, 0.15) is 16.7 Å². The van der Waals surface area contributed by atoms with E-state index >= 15 is 0 Å². The molecule has 0 saturated carbocycles. The molecule has 4 heteroatoms. The normalized spacial score (nSPS) is 12.4. The van der Waals surface area contributed by atoms with Crippen molar-refractivity contribution in [2.24, 2.45) is 15.7 Å². The first-order valence-corrected chi connectivity index (χ1v) is 15.1. The highest BCUT2D eigenvalue weighted by molar-refractivity contribution is 6.13. The van der Waals surface area contributed by atoms with Crippen LogP contribution in [0.15, 0.2) is 166 Å². The Bertz CT molecular complexity index is 2420. The quantitative estimate of drug-likeness (QED) is 0.163. The number of furan rings is 1. The lowest BCUT2D eigenvalue weighted by Gasteiger charge is -2.08. The molecule has 0 bridgehead atoms. The standard InChI is InChI=1S/C41H29N3O/c42-40(33-19-17-28-11-4-6-13-30(28)23-33)44-41(34-20-18-29-12-5-7-14-31(29)24-34)43-26-35-15-8-16-38-39(35)36-25-32(21-22-37(36)45-38)27-9-2-1-3-10-27/h1-25H,26H2,(H2,42,43,44). The predicted molar refractivity (Wildman–Crippen MR) is 188 cm³/mol. The maximum absolute atomic E-state index is 6.68. The van der Waals surface area contributed by atoms with Gasteiger partial charge in [0.2, 0.25) is 0 Å². The zero-order valence-electron chi connectivity index (χ0n) is 24.5. The third kappa shape index (κ3) is 5.13. The van der Waals surface area contributed by atoms with Gasteiger partial charge < -0.3 is 10.2 Å². The van der Waals surface area contributed by atoms with Gasteiger partial charge in [0.1, 0.15) is 17.0 Å². The number of amidine groups is 2. The molecule has 0 aliphatic carbocycles. The Hall–Kier alpha value is -6.00. The minimum atomic E-state index is 0.415. The molecule has 0 amide bonds. The van der Waals surface area contributed by atoms with E-state index in [9.17, 15) is 0 Å². The fourth-order valence-electron chi connectivity index (χ4n) is 6.05. The molecule has 0 aliphatic rings. The van der Waals surface area contributed by atoms with Gasteiger partial charge >= 0.3 is 0 Å². The molecule has 8 rings (SSSR count). The zero-order valence-corrected chi connectivity index (χ0v) is 24.5. The van der Waals surface area contributed by atoms with E-state index in [0.717, 1.165) is 65.7 Å². The van der Waals surface area contributed by atoms with Gasteiger partial charge in [-0.1, -0.05) is 121 Å². The molecule has 0 aliphatic heterocycles.